The van der Waals surface area contributed by atoms with E-state index in [9.17, 15) is 0 Å². The zero-order valence-corrected chi connectivity index (χ0v) is 13.2. The van der Waals surface area contributed by atoms with Crippen molar-refractivity contribution in [1.82, 2.24) is 5.32 Å². The number of thioether (sulfide) groups is 1. The number of hydrogen-bond acceptors (Lipinski definition) is 3. The molecule has 0 aliphatic heterocycles. The van der Waals surface area contributed by atoms with Crippen LogP contribution < -0.4 is 10.1 Å². The molecule has 2 nitrogen and oxygen atoms in total. The van der Waals surface area contributed by atoms with Crippen LogP contribution in [-0.2, 0) is 6.42 Å². The zero-order valence-electron chi connectivity index (χ0n) is 12.3. The summed E-state index contributed by atoms with van der Waals surface area (Å²) >= 11 is 1.91. The van der Waals surface area contributed by atoms with Crippen LogP contribution in [0.3, 0.4) is 0 Å². The number of ether oxygens (including phenoxy) is 1. The Kier molecular flexibility index (Phi) is 4.84. The monoisotopic (exact) mass is 299 g/mol. The summed E-state index contributed by atoms with van der Waals surface area (Å²) in [5, 5.41) is 3.68. The topological polar surface area (TPSA) is 21.3 Å². The number of nitrogens with one attached hydrogen (secondary N) is 1. The van der Waals surface area contributed by atoms with Crippen LogP contribution in [0, 0.1) is 0 Å². The van der Waals surface area contributed by atoms with E-state index >= 15 is 0 Å². The average Bonchev–Trinajstić information content (AvgIpc) is 2.95. The molecule has 1 atom stereocenters. The quantitative estimate of drug-likeness (QED) is 0.642. The van der Waals surface area contributed by atoms with Crippen LogP contribution in [0.4, 0.5) is 0 Å². The molecule has 0 amide bonds. The number of hydrogen-bond donors (Lipinski definition) is 1. The van der Waals surface area contributed by atoms with E-state index in [-0.39, 0.29) is 0 Å². The Morgan fingerprint density at radius 1 is 1.19 bits per heavy atom. The van der Waals surface area contributed by atoms with Crippen LogP contribution in [0.2, 0.25) is 0 Å². The van der Waals surface area contributed by atoms with Gasteiger partial charge in [-0.3, -0.25) is 0 Å². The first-order valence-electron chi connectivity index (χ1n) is 7.45. The summed E-state index contributed by atoms with van der Waals surface area (Å²) in [7, 11) is 1.73. The van der Waals surface area contributed by atoms with Crippen molar-refractivity contribution in [3.63, 3.8) is 0 Å². The minimum Gasteiger partial charge on any atom is -0.497 e. The summed E-state index contributed by atoms with van der Waals surface area (Å²) in [4.78, 5) is 1.34. The highest BCUT2D eigenvalue weighted by Gasteiger charge is 2.22. The van der Waals surface area contributed by atoms with Crippen LogP contribution in [0.15, 0.2) is 53.4 Å². The lowest BCUT2D eigenvalue weighted by atomic mass is 10.1. The zero-order chi connectivity index (χ0) is 14.5. The summed E-state index contributed by atoms with van der Waals surface area (Å²) in [5.74, 6) is 2.06. The molecule has 0 fully saturated rings. The van der Waals surface area contributed by atoms with Crippen molar-refractivity contribution in [2.45, 2.75) is 23.8 Å². The fourth-order valence-electron chi connectivity index (χ4n) is 2.84. The summed E-state index contributed by atoms with van der Waals surface area (Å²) in [6.07, 6.45) is 2.36. The first-order chi connectivity index (χ1) is 10.4. The standard InChI is InChI=1S/C18H21NOS/c1-20-15-9-7-14-8-10-18(17(14)13-15)19-11-12-21-16-5-3-2-4-6-16/h2-7,9,13,18-19H,8,10-12H2,1H3. The van der Waals surface area contributed by atoms with Gasteiger partial charge >= 0.3 is 0 Å². The van der Waals surface area contributed by atoms with E-state index in [1.165, 1.54) is 28.9 Å². The van der Waals surface area contributed by atoms with Crippen LogP contribution in [0.1, 0.15) is 23.6 Å². The third kappa shape index (κ3) is 3.60. The number of fused-ring (bicyclic) bond motifs is 1. The van der Waals surface area contributed by atoms with Gasteiger partial charge in [-0.1, -0.05) is 24.3 Å². The molecule has 3 rings (SSSR count). The van der Waals surface area contributed by atoms with E-state index in [4.69, 9.17) is 4.74 Å². The van der Waals surface area contributed by atoms with E-state index in [0.29, 0.717) is 6.04 Å². The first kappa shape index (κ1) is 14.5. The lowest BCUT2D eigenvalue weighted by Gasteiger charge is -2.14. The fraction of sp³-hybridized carbons (Fsp3) is 0.333. The molecule has 0 radical (unpaired) electrons. The molecule has 1 N–H and O–H groups in total. The number of aryl methyl sites for hydroxylation is 1. The minimum absolute atomic E-state index is 0.478. The number of benzene rings is 2. The smallest absolute Gasteiger partial charge is 0.119 e. The van der Waals surface area contributed by atoms with E-state index in [2.05, 4.69) is 53.8 Å². The molecule has 0 spiro atoms. The second-order valence-corrected chi connectivity index (χ2v) is 6.44. The maximum Gasteiger partial charge on any atom is 0.119 e. The third-order valence-corrected chi connectivity index (χ3v) is 4.95. The molecule has 3 heteroatoms. The second kappa shape index (κ2) is 7.01. The maximum absolute atomic E-state index is 5.34. The van der Waals surface area contributed by atoms with Crippen molar-refractivity contribution in [3.05, 3.63) is 59.7 Å². The Morgan fingerprint density at radius 2 is 2.05 bits per heavy atom. The minimum atomic E-state index is 0.478. The summed E-state index contributed by atoms with van der Waals surface area (Å²) < 4.78 is 5.34. The molecule has 1 unspecified atom stereocenters. The molecule has 1 aliphatic rings. The Bertz CT molecular complexity index is 585. The highest BCUT2D eigenvalue weighted by Crippen LogP contribution is 2.33. The molecular formula is C18H21NOS. The van der Waals surface area contributed by atoms with Gasteiger partial charge < -0.3 is 10.1 Å². The fourth-order valence-corrected chi connectivity index (χ4v) is 3.64. The van der Waals surface area contributed by atoms with E-state index < -0.39 is 0 Å². The Labute approximate surface area is 130 Å². The molecule has 0 aromatic heterocycles. The number of rotatable bonds is 6. The summed E-state index contributed by atoms with van der Waals surface area (Å²) in [6.45, 7) is 1.03. The normalized spacial score (nSPS) is 16.7. The van der Waals surface area contributed by atoms with Gasteiger partial charge in [-0.25, -0.2) is 0 Å². The van der Waals surface area contributed by atoms with Crippen molar-refractivity contribution in [1.29, 1.82) is 0 Å². The molecule has 2 aromatic rings. The summed E-state index contributed by atoms with van der Waals surface area (Å²) in [5.41, 5.74) is 2.88. The molecule has 21 heavy (non-hydrogen) atoms. The van der Waals surface area contributed by atoms with Crippen molar-refractivity contribution < 1.29 is 4.74 Å². The lowest BCUT2D eigenvalue weighted by Crippen LogP contribution is -2.21. The molecule has 0 bridgehead atoms. The Balaban J connectivity index is 1.51. The largest absolute Gasteiger partial charge is 0.497 e. The van der Waals surface area contributed by atoms with Gasteiger partial charge in [0.25, 0.3) is 0 Å². The summed E-state index contributed by atoms with van der Waals surface area (Å²) in [6, 6.07) is 17.5. The molecule has 110 valence electrons. The van der Waals surface area contributed by atoms with Crippen LogP contribution in [0.5, 0.6) is 5.75 Å². The van der Waals surface area contributed by atoms with Gasteiger partial charge in [-0.2, -0.15) is 0 Å². The van der Waals surface area contributed by atoms with E-state index in [1.807, 2.05) is 11.8 Å². The van der Waals surface area contributed by atoms with E-state index in [1.54, 1.807) is 7.11 Å². The highest BCUT2D eigenvalue weighted by atomic mass is 32.2. The molecule has 0 saturated heterocycles. The van der Waals surface area contributed by atoms with Gasteiger partial charge in [-0.15, -0.1) is 11.8 Å². The molecule has 1 aliphatic carbocycles. The Hall–Kier alpha value is -1.45. The third-order valence-electron chi connectivity index (χ3n) is 3.94. The van der Waals surface area contributed by atoms with Crippen molar-refractivity contribution in [2.24, 2.45) is 0 Å². The van der Waals surface area contributed by atoms with Gasteiger partial charge in [0.15, 0.2) is 0 Å². The van der Waals surface area contributed by atoms with E-state index in [0.717, 1.165) is 18.0 Å². The molecule has 0 saturated carbocycles. The van der Waals surface area contributed by atoms with Gasteiger partial charge in [0, 0.05) is 23.2 Å². The molecular weight excluding hydrogens is 278 g/mol. The highest BCUT2D eigenvalue weighted by molar-refractivity contribution is 7.99. The Morgan fingerprint density at radius 3 is 2.86 bits per heavy atom. The van der Waals surface area contributed by atoms with Gasteiger partial charge in [-0.05, 0) is 48.2 Å². The molecule has 2 aromatic carbocycles. The predicted octanol–water partition coefficient (Wildman–Crippen LogP) is 4.06. The van der Waals surface area contributed by atoms with Crippen LogP contribution in [0.25, 0.3) is 0 Å². The van der Waals surface area contributed by atoms with Gasteiger partial charge in [0.2, 0.25) is 0 Å². The first-order valence-corrected chi connectivity index (χ1v) is 8.43. The van der Waals surface area contributed by atoms with Gasteiger partial charge in [0.1, 0.15) is 5.75 Å². The second-order valence-electron chi connectivity index (χ2n) is 5.27. The maximum atomic E-state index is 5.34. The van der Waals surface area contributed by atoms with Crippen LogP contribution >= 0.6 is 11.8 Å². The lowest BCUT2D eigenvalue weighted by molar-refractivity contribution is 0.413. The molecule has 0 heterocycles. The van der Waals surface area contributed by atoms with Gasteiger partial charge in [0.05, 0.1) is 7.11 Å². The predicted molar refractivity (Wildman–Crippen MR) is 89.2 cm³/mol. The SMILES string of the molecule is COc1ccc2c(c1)C(NCCSc1ccccc1)CC2. The number of methoxy groups -OCH3 is 1. The van der Waals surface area contributed by atoms with Crippen LogP contribution in [-0.4, -0.2) is 19.4 Å². The average molecular weight is 299 g/mol. The van der Waals surface area contributed by atoms with Crippen molar-refractivity contribution >= 4 is 11.8 Å². The van der Waals surface area contributed by atoms with Crippen molar-refractivity contribution in [3.8, 4) is 5.75 Å². The van der Waals surface area contributed by atoms with Crippen molar-refractivity contribution in [2.75, 3.05) is 19.4 Å².